The molecule has 0 atom stereocenters. The van der Waals surface area contributed by atoms with Gasteiger partial charge in [-0.2, -0.15) is 0 Å². The quantitative estimate of drug-likeness (QED) is 0.671. The van der Waals surface area contributed by atoms with Gasteiger partial charge in [-0.15, -0.1) is 4.73 Å². The summed E-state index contributed by atoms with van der Waals surface area (Å²) in [4.78, 5) is 30.0. The topological polar surface area (TPSA) is 98.0 Å². The van der Waals surface area contributed by atoms with Crippen LogP contribution in [0.5, 0.6) is 11.8 Å². The number of carbonyl (C=O) groups is 2. The number of aromatic hydroxyl groups is 2. The molecular weight excluding hydrogens is 362 g/mol. The summed E-state index contributed by atoms with van der Waals surface area (Å²) in [5.74, 6) is -1.75. The van der Waals surface area contributed by atoms with Crippen LogP contribution in [0.1, 0.15) is 46.1 Å². The van der Waals surface area contributed by atoms with Crippen molar-refractivity contribution in [3.8, 4) is 11.8 Å². The van der Waals surface area contributed by atoms with Gasteiger partial charge in [0.2, 0.25) is 11.8 Å². The Kier molecular flexibility index (Phi) is 6.38. The van der Waals surface area contributed by atoms with Crippen LogP contribution in [0.4, 0.5) is 0 Å². The van der Waals surface area contributed by atoms with Crippen LogP contribution in [0.3, 0.4) is 0 Å². The zero-order chi connectivity index (χ0) is 20.9. The van der Waals surface area contributed by atoms with Gasteiger partial charge in [0.05, 0.1) is 10.8 Å². The molecule has 152 valence electrons. The van der Waals surface area contributed by atoms with Crippen molar-refractivity contribution in [2.45, 2.75) is 47.1 Å². The van der Waals surface area contributed by atoms with Crippen molar-refractivity contribution >= 4 is 11.9 Å². The highest BCUT2D eigenvalue weighted by molar-refractivity contribution is 5.77. The maximum atomic E-state index is 12.5. The van der Waals surface area contributed by atoms with Gasteiger partial charge < -0.3 is 19.8 Å². The third-order valence-electron chi connectivity index (χ3n) is 4.66. The average molecular weight is 389 g/mol. The van der Waals surface area contributed by atoms with Crippen molar-refractivity contribution in [3.05, 3.63) is 48.0 Å². The van der Waals surface area contributed by atoms with Gasteiger partial charge >= 0.3 is 11.9 Å². The van der Waals surface area contributed by atoms with Crippen LogP contribution in [0.25, 0.3) is 0 Å². The van der Waals surface area contributed by atoms with E-state index >= 15 is 0 Å². The molecule has 0 aliphatic rings. The molecule has 1 aromatic heterocycles. The Morgan fingerprint density at radius 1 is 0.857 bits per heavy atom. The zero-order valence-electron chi connectivity index (χ0n) is 16.6. The number of carbonyl (C=O) groups excluding carboxylic acids is 2. The smallest absolute Gasteiger partial charge is 0.338 e. The first-order chi connectivity index (χ1) is 13.0. The molecule has 0 aliphatic heterocycles. The summed E-state index contributed by atoms with van der Waals surface area (Å²) in [5.41, 5.74) is -0.827. The first kappa shape index (κ1) is 21.3. The summed E-state index contributed by atoms with van der Waals surface area (Å²) in [6, 6.07) is 11.8. The molecule has 1 aromatic carbocycles. The molecule has 7 heteroatoms. The molecule has 0 aliphatic carbocycles. The normalized spacial score (nSPS) is 11.9. The van der Waals surface area contributed by atoms with Crippen molar-refractivity contribution in [1.82, 2.24) is 4.73 Å². The molecule has 0 spiro atoms. The first-order valence-corrected chi connectivity index (χ1v) is 9.06. The van der Waals surface area contributed by atoms with Crippen molar-refractivity contribution in [1.29, 1.82) is 0 Å². The number of hydrogen-bond donors (Lipinski definition) is 2. The van der Waals surface area contributed by atoms with Crippen LogP contribution in [0.15, 0.2) is 42.5 Å². The number of ether oxygens (including phenoxy) is 1. The molecule has 2 rings (SSSR count). The Morgan fingerprint density at radius 2 is 1.36 bits per heavy atom. The number of aromatic nitrogens is 1. The average Bonchev–Trinajstić information content (AvgIpc) is 2.97. The number of nitrogens with zero attached hydrogens (tertiary/aromatic N) is 1. The highest BCUT2D eigenvalue weighted by atomic mass is 16.7. The Labute approximate surface area is 164 Å². The predicted molar refractivity (Wildman–Crippen MR) is 102 cm³/mol. The summed E-state index contributed by atoms with van der Waals surface area (Å²) in [5, 5.41) is 19.2. The van der Waals surface area contributed by atoms with Gasteiger partial charge in [-0.25, -0.2) is 4.79 Å². The predicted octanol–water partition coefficient (Wildman–Crippen LogP) is 3.43. The van der Waals surface area contributed by atoms with Gasteiger partial charge in [-0.1, -0.05) is 30.3 Å². The Morgan fingerprint density at radius 3 is 1.89 bits per heavy atom. The molecule has 0 amide bonds. The standard InChI is InChI=1S/C21H27NO6/c1-20(2,18(25)27-14-15-8-6-5-7-9-15)12-13-21(3,4)19(26)28-22-16(23)10-11-17(22)24/h5-11,23-24H,12-14H2,1-4H3. The third kappa shape index (κ3) is 5.28. The molecule has 0 saturated carbocycles. The van der Waals surface area contributed by atoms with E-state index in [9.17, 15) is 19.8 Å². The molecule has 0 bridgehead atoms. The van der Waals surface area contributed by atoms with Crippen molar-refractivity contribution in [2.75, 3.05) is 0 Å². The molecule has 2 N–H and O–H groups in total. The monoisotopic (exact) mass is 389 g/mol. The van der Waals surface area contributed by atoms with E-state index in [0.717, 1.165) is 5.56 Å². The van der Waals surface area contributed by atoms with Gasteiger partial charge in [-0.05, 0) is 46.1 Å². The van der Waals surface area contributed by atoms with Gasteiger partial charge in [-0.3, -0.25) is 4.79 Å². The lowest BCUT2D eigenvalue weighted by atomic mass is 9.79. The van der Waals surface area contributed by atoms with E-state index < -0.39 is 16.8 Å². The molecule has 7 nitrogen and oxygen atoms in total. The highest BCUT2D eigenvalue weighted by Crippen LogP contribution is 2.33. The molecular formula is C21H27NO6. The lowest BCUT2D eigenvalue weighted by molar-refractivity contribution is -0.160. The number of esters is 1. The van der Waals surface area contributed by atoms with Gasteiger partial charge in [0.1, 0.15) is 6.61 Å². The summed E-state index contributed by atoms with van der Waals surface area (Å²) >= 11 is 0. The van der Waals surface area contributed by atoms with E-state index in [-0.39, 0.29) is 24.3 Å². The van der Waals surface area contributed by atoms with Crippen LogP contribution in [0, 0.1) is 10.8 Å². The first-order valence-electron chi connectivity index (χ1n) is 9.06. The summed E-state index contributed by atoms with van der Waals surface area (Å²) in [7, 11) is 0. The molecule has 0 fully saturated rings. The van der Waals surface area contributed by atoms with Crippen LogP contribution in [-0.4, -0.2) is 26.9 Å². The Balaban J connectivity index is 1.91. The van der Waals surface area contributed by atoms with E-state index in [0.29, 0.717) is 17.6 Å². The van der Waals surface area contributed by atoms with Crippen molar-refractivity contribution < 1.29 is 29.4 Å². The van der Waals surface area contributed by atoms with E-state index in [1.807, 2.05) is 30.3 Å². The van der Waals surface area contributed by atoms with E-state index in [4.69, 9.17) is 9.57 Å². The van der Waals surface area contributed by atoms with Crippen LogP contribution in [0.2, 0.25) is 0 Å². The molecule has 1 heterocycles. The van der Waals surface area contributed by atoms with E-state index in [1.54, 1.807) is 27.7 Å². The minimum absolute atomic E-state index is 0.195. The van der Waals surface area contributed by atoms with Crippen molar-refractivity contribution in [3.63, 3.8) is 0 Å². The SMILES string of the molecule is CC(C)(CCC(C)(C)C(=O)On1c(O)ccc1O)C(=O)OCc1ccccc1. The van der Waals surface area contributed by atoms with Gasteiger partial charge in [0.25, 0.3) is 0 Å². The second-order valence-electron chi connectivity index (χ2n) is 8.05. The minimum Gasteiger partial charge on any atom is -0.492 e. The molecule has 0 radical (unpaired) electrons. The fourth-order valence-electron chi connectivity index (χ4n) is 2.45. The maximum Gasteiger partial charge on any atom is 0.338 e. The Bertz CT molecular complexity index is 803. The minimum atomic E-state index is -0.944. The number of rotatable bonds is 8. The largest absolute Gasteiger partial charge is 0.492 e. The zero-order valence-corrected chi connectivity index (χ0v) is 16.6. The molecule has 0 unspecified atom stereocenters. The summed E-state index contributed by atoms with van der Waals surface area (Å²) < 4.78 is 6.07. The second-order valence-corrected chi connectivity index (χ2v) is 8.05. The van der Waals surface area contributed by atoms with Crippen LogP contribution < -0.4 is 4.84 Å². The van der Waals surface area contributed by atoms with Crippen molar-refractivity contribution in [2.24, 2.45) is 10.8 Å². The third-order valence-corrected chi connectivity index (χ3v) is 4.66. The number of benzene rings is 1. The highest BCUT2D eigenvalue weighted by Gasteiger charge is 2.37. The number of hydrogen-bond acceptors (Lipinski definition) is 6. The Hall–Kier alpha value is -2.96. The second kappa shape index (κ2) is 8.37. The molecule has 2 aromatic rings. The van der Waals surface area contributed by atoms with Gasteiger partial charge in [0, 0.05) is 12.1 Å². The van der Waals surface area contributed by atoms with E-state index in [1.165, 1.54) is 12.1 Å². The van der Waals surface area contributed by atoms with Crippen LogP contribution >= 0.6 is 0 Å². The molecule has 0 saturated heterocycles. The molecule has 28 heavy (non-hydrogen) atoms. The lowest BCUT2D eigenvalue weighted by Gasteiger charge is -2.28. The van der Waals surface area contributed by atoms with Crippen LogP contribution in [-0.2, 0) is 20.9 Å². The summed E-state index contributed by atoms with van der Waals surface area (Å²) in [6.45, 7) is 7.09. The summed E-state index contributed by atoms with van der Waals surface area (Å²) in [6.07, 6.45) is 0.744. The fraction of sp³-hybridized carbons (Fsp3) is 0.429. The maximum absolute atomic E-state index is 12.5. The lowest BCUT2D eigenvalue weighted by Crippen LogP contribution is -2.36. The van der Waals surface area contributed by atoms with E-state index in [2.05, 4.69) is 0 Å². The van der Waals surface area contributed by atoms with Gasteiger partial charge in [0.15, 0.2) is 0 Å². The fourth-order valence-corrected chi connectivity index (χ4v) is 2.45.